The van der Waals surface area contributed by atoms with Gasteiger partial charge in [-0.2, -0.15) is 0 Å². The van der Waals surface area contributed by atoms with E-state index in [0.717, 1.165) is 5.75 Å². The van der Waals surface area contributed by atoms with Gasteiger partial charge in [-0.05, 0) is 42.7 Å². The second-order valence-electron chi connectivity index (χ2n) is 7.15. The molecule has 1 aliphatic rings. The molecule has 2 aromatic rings. The molecule has 0 spiro atoms. The van der Waals surface area contributed by atoms with Gasteiger partial charge in [-0.1, -0.05) is 47.5 Å². The van der Waals surface area contributed by atoms with Gasteiger partial charge in [-0.25, -0.2) is 12.7 Å². The zero-order chi connectivity index (χ0) is 21.6. The Hall–Kier alpha value is -1.80. The molecule has 0 bridgehead atoms. The van der Waals surface area contributed by atoms with Crippen LogP contribution in [0.2, 0.25) is 10.0 Å². The Bertz CT molecular complexity index is 970. The first-order valence-corrected chi connectivity index (χ1v) is 12.1. The number of ether oxygens (including phenoxy) is 1. The zero-order valence-corrected chi connectivity index (χ0v) is 18.7. The molecule has 1 N–H and O–H groups in total. The van der Waals surface area contributed by atoms with Gasteiger partial charge in [0.25, 0.3) is 0 Å². The lowest BCUT2D eigenvalue weighted by Gasteiger charge is -2.31. The Morgan fingerprint density at radius 1 is 1.13 bits per heavy atom. The van der Waals surface area contributed by atoms with Gasteiger partial charge in [0.05, 0.1) is 28.3 Å². The first-order chi connectivity index (χ1) is 14.3. The van der Waals surface area contributed by atoms with Crippen LogP contribution in [0.5, 0.6) is 5.75 Å². The van der Waals surface area contributed by atoms with Crippen molar-refractivity contribution >= 4 is 39.1 Å². The second-order valence-corrected chi connectivity index (χ2v) is 9.94. The van der Waals surface area contributed by atoms with E-state index in [2.05, 4.69) is 5.32 Å². The minimum atomic E-state index is -3.57. The summed E-state index contributed by atoms with van der Waals surface area (Å²) in [5, 5.41) is 3.54. The topological polar surface area (TPSA) is 75.7 Å². The molecule has 0 aliphatic carbocycles. The van der Waals surface area contributed by atoms with Crippen molar-refractivity contribution in [2.75, 3.05) is 26.2 Å². The third kappa shape index (κ3) is 6.35. The highest BCUT2D eigenvalue weighted by Gasteiger charge is 2.32. The molecular weight excluding hydrogens is 447 g/mol. The largest absolute Gasteiger partial charge is 0.492 e. The number of para-hydroxylation sites is 1. The molecule has 1 saturated heterocycles. The molecule has 1 atom stereocenters. The van der Waals surface area contributed by atoms with E-state index in [9.17, 15) is 13.2 Å². The number of hydrogen-bond acceptors (Lipinski definition) is 4. The number of piperidine rings is 1. The van der Waals surface area contributed by atoms with E-state index in [4.69, 9.17) is 27.9 Å². The van der Waals surface area contributed by atoms with Crippen LogP contribution < -0.4 is 10.1 Å². The van der Waals surface area contributed by atoms with Crippen LogP contribution in [0.4, 0.5) is 0 Å². The Labute approximate surface area is 187 Å². The van der Waals surface area contributed by atoms with Crippen molar-refractivity contribution in [3.8, 4) is 5.75 Å². The van der Waals surface area contributed by atoms with Gasteiger partial charge >= 0.3 is 0 Å². The molecule has 1 aliphatic heterocycles. The normalized spacial score (nSPS) is 17.5. The number of carbonyl (C=O) groups excluding carboxylic acids is 1. The molecule has 0 aromatic heterocycles. The third-order valence-electron chi connectivity index (χ3n) is 4.89. The molecule has 3 rings (SSSR count). The predicted octanol–water partition coefficient (Wildman–Crippen LogP) is 3.73. The summed E-state index contributed by atoms with van der Waals surface area (Å²) in [4.78, 5) is 12.5. The highest BCUT2D eigenvalue weighted by Crippen LogP contribution is 2.26. The van der Waals surface area contributed by atoms with Crippen LogP contribution in [0.3, 0.4) is 0 Å². The molecule has 1 heterocycles. The minimum absolute atomic E-state index is 0.152. The number of rotatable bonds is 8. The van der Waals surface area contributed by atoms with Crippen molar-refractivity contribution in [3.63, 3.8) is 0 Å². The minimum Gasteiger partial charge on any atom is -0.492 e. The summed E-state index contributed by atoms with van der Waals surface area (Å²) in [5.74, 6) is 0.0347. The summed E-state index contributed by atoms with van der Waals surface area (Å²) in [7, 11) is -3.57. The summed E-state index contributed by atoms with van der Waals surface area (Å²) in [6.07, 6.45) is 1.30. The van der Waals surface area contributed by atoms with Crippen molar-refractivity contribution in [1.82, 2.24) is 9.62 Å². The maximum absolute atomic E-state index is 12.8. The van der Waals surface area contributed by atoms with Crippen molar-refractivity contribution in [2.45, 2.75) is 18.6 Å². The molecule has 1 amide bonds. The lowest BCUT2D eigenvalue weighted by Crippen LogP contribution is -2.46. The number of benzene rings is 2. The van der Waals surface area contributed by atoms with E-state index in [1.165, 1.54) is 4.31 Å². The smallest absolute Gasteiger partial charge is 0.224 e. The highest BCUT2D eigenvalue weighted by molar-refractivity contribution is 7.88. The van der Waals surface area contributed by atoms with E-state index >= 15 is 0 Å². The Morgan fingerprint density at radius 3 is 2.63 bits per heavy atom. The molecule has 30 heavy (non-hydrogen) atoms. The number of sulfonamides is 1. The number of nitrogens with one attached hydrogen (secondary N) is 1. The molecule has 0 saturated carbocycles. The number of hydrogen-bond donors (Lipinski definition) is 1. The van der Waals surface area contributed by atoms with Gasteiger partial charge in [-0.3, -0.25) is 4.79 Å². The van der Waals surface area contributed by atoms with Crippen LogP contribution in [-0.2, 0) is 20.6 Å². The SMILES string of the molecule is O=C(NCCOc1ccccc1)C1CCCN(S(=O)(=O)Cc2ccc(Cl)c(Cl)c2)C1. The van der Waals surface area contributed by atoms with Gasteiger partial charge < -0.3 is 10.1 Å². The second kappa shape index (κ2) is 10.5. The van der Waals surface area contributed by atoms with Crippen LogP contribution in [0.25, 0.3) is 0 Å². The standard InChI is InChI=1S/C21H24Cl2N2O4S/c22-19-9-8-16(13-20(19)23)15-30(27,28)25-11-4-5-17(14-25)21(26)24-10-12-29-18-6-2-1-3-7-18/h1-3,6-9,13,17H,4-5,10-12,14-15H2,(H,24,26). The van der Waals surface area contributed by atoms with Crippen LogP contribution in [0, 0.1) is 5.92 Å². The fourth-order valence-corrected chi connectivity index (χ4v) is 5.26. The third-order valence-corrected chi connectivity index (χ3v) is 7.45. The Morgan fingerprint density at radius 2 is 1.90 bits per heavy atom. The van der Waals surface area contributed by atoms with Gasteiger partial charge in [0.1, 0.15) is 12.4 Å². The first kappa shape index (κ1) is 22.9. The number of halogens is 2. The van der Waals surface area contributed by atoms with Crippen molar-refractivity contribution in [2.24, 2.45) is 5.92 Å². The van der Waals surface area contributed by atoms with Crippen LogP contribution in [-0.4, -0.2) is 44.9 Å². The quantitative estimate of drug-likeness (QED) is 0.596. The van der Waals surface area contributed by atoms with Gasteiger partial charge in [0.15, 0.2) is 0 Å². The van der Waals surface area contributed by atoms with Gasteiger partial charge in [0.2, 0.25) is 15.9 Å². The molecule has 2 aromatic carbocycles. The van der Waals surface area contributed by atoms with Crippen molar-refractivity contribution in [3.05, 3.63) is 64.1 Å². The fourth-order valence-electron chi connectivity index (χ4n) is 3.34. The maximum Gasteiger partial charge on any atom is 0.224 e. The lowest BCUT2D eigenvalue weighted by atomic mass is 9.99. The predicted molar refractivity (Wildman–Crippen MR) is 118 cm³/mol. The van der Waals surface area contributed by atoms with E-state index in [1.54, 1.807) is 18.2 Å². The number of nitrogens with zero attached hydrogens (tertiary/aromatic N) is 1. The molecule has 1 fully saturated rings. The molecule has 1 unspecified atom stereocenters. The maximum atomic E-state index is 12.8. The van der Waals surface area contributed by atoms with Crippen molar-refractivity contribution < 1.29 is 17.9 Å². The van der Waals surface area contributed by atoms with Gasteiger partial charge in [-0.15, -0.1) is 0 Å². The monoisotopic (exact) mass is 470 g/mol. The van der Waals surface area contributed by atoms with Crippen LogP contribution in [0.1, 0.15) is 18.4 Å². The summed E-state index contributed by atoms with van der Waals surface area (Å²) in [6.45, 7) is 1.29. The molecule has 0 radical (unpaired) electrons. The fraction of sp³-hybridized carbons (Fsp3) is 0.381. The molecule has 9 heteroatoms. The summed E-state index contributed by atoms with van der Waals surface area (Å²) in [6, 6.07) is 14.1. The average molecular weight is 471 g/mol. The average Bonchev–Trinajstić information content (AvgIpc) is 2.74. The van der Waals surface area contributed by atoms with E-state index < -0.39 is 10.0 Å². The highest BCUT2D eigenvalue weighted by atomic mass is 35.5. The molecular formula is C21H24Cl2N2O4S. The summed E-state index contributed by atoms with van der Waals surface area (Å²) >= 11 is 11.9. The zero-order valence-electron chi connectivity index (χ0n) is 16.4. The van der Waals surface area contributed by atoms with E-state index in [-0.39, 0.29) is 24.1 Å². The van der Waals surface area contributed by atoms with Gasteiger partial charge in [0, 0.05) is 13.1 Å². The van der Waals surface area contributed by atoms with E-state index in [1.807, 2.05) is 30.3 Å². The summed E-state index contributed by atoms with van der Waals surface area (Å²) < 4.78 is 32.6. The first-order valence-electron chi connectivity index (χ1n) is 9.72. The number of carbonyl (C=O) groups is 1. The van der Waals surface area contributed by atoms with E-state index in [0.29, 0.717) is 48.1 Å². The molecule has 6 nitrogen and oxygen atoms in total. The van der Waals surface area contributed by atoms with Crippen LogP contribution in [0.15, 0.2) is 48.5 Å². The molecule has 162 valence electrons. The number of amides is 1. The Balaban J connectivity index is 1.50. The van der Waals surface area contributed by atoms with Crippen LogP contribution >= 0.6 is 23.2 Å². The van der Waals surface area contributed by atoms with Crippen molar-refractivity contribution in [1.29, 1.82) is 0 Å². The summed E-state index contributed by atoms with van der Waals surface area (Å²) in [5.41, 5.74) is 0.564. The lowest BCUT2D eigenvalue weighted by molar-refractivity contribution is -0.126. The Kier molecular flexibility index (Phi) is 7.99.